The van der Waals surface area contributed by atoms with E-state index in [0.717, 1.165) is 12.8 Å². The summed E-state index contributed by atoms with van der Waals surface area (Å²) in [6.45, 7) is 4.44. The van der Waals surface area contributed by atoms with E-state index in [1.54, 1.807) is 24.0 Å². The van der Waals surface area contributed by atoms with E-state index in [1.807, 2.05) is 6.92 Å². The lowest BCUT2D eigenvalue weighted by Crippen LogP contribution is -2.54. The number of carbonyl (C=O) groups is 1. The average Bonchev–Trinajstić information content (AvgIpc) is 3.01. The molecule has 0 aliphatic heterocycles. The van der Waals surface area contributed by atoms with Crippen LogP contribution in [0.3, 0.4) is 0 Å². The summed E-state index contributed by atoms with van der Waals surface area (Å²) in [5.41, 5.74) is -0.757. The van der Waals surface area contributed by atoms with E-state index in [9.17, 15) is 4.79 Å². The number of nitrogens with one attached hydrogen (secondary N) is 1. The quantitative estimate of drug-likeness (QED) is 0.799. The van der Waals surface area contributed by atoms with E-state index in [2.05, 4.69) is 10.4 Å². The first-order valence-electron chi connectivity index (χ1n) is 6.16. The Balaban J connectivity index is 2.09. The van der Waals surface area contributed by atoms with Crippen LogP contribution < -0.4 is 5.32 Å². The van der Waals surface area contributed by atoms with Crippen LogP contribution in [0.4, 0.5) is 0 Å². The van der Waals surface area contributed by atoms with Gasteiger partial charge in [-0.15, -0.1) is 0 Å². The SMILES string of the molecule is CCOC(=O)C(C)(Cn1cc(Cl)cn1)NC1CC1. The molecule has 1 unspecified atom stereocenters. The van der Waals surface area contributed by atoms with Crippen molar-refractivity contribution in [3.05, 3.63) is 17.4 Å². The second-order valence-electron chi connectivity index (χ2n) is 4.83. The molecular weight excluding hydrogens is 254 g/mol. The molecule has 1 aromatic rings. The molecule has 0 aromatic carbocycles. The first kappa shape index (κ1) is 13.4. The highest BCUT2D eigenvalue weighted by atomic mass is 35.5. The number of rotatable bonds is 6. The molecule has 1 heterocycles. The van der Waals surface area contributed by atoms with Gasteiger partial charge in [-0.2, -0.15) is 5.10 Å². The van der Waals surface area contributed by atoms with E-state index < -0.39 is 5.54 Å². The third-order valence-electron chi connectivity index (χ3n) is 2.91. The third-order valence-corrected chi connectivity index (χ3v) is 3.10. The molecule has 1 atom stereocenters. The molecule has 2 rings (SSSR count). The van der Waals surface area contributed by atoms with E-state index in [4.69, 9.17) is 16.3 Å². The summed E-state index contributed by atoms with van der Waals surface area (Å²) < 4.78 is 6.80. The summed E-state index contributed by atoms with van der Waals surface area (Å²) >= 11 is 5.83. The van der Waals surface area contributed by atoms with E-state index in [1.165, 1.54) is 0 Å². The molecule has 0 spiro atoms. The molecule has 1 aliphatic carbocycles. The number of hydrogen-bond donors (Lipinski definition) is 1. The Morgan fingerprint density at radius 1 is 1.72 bits per heavy atom. The molecular formula is C12H18ClN3O2. The maximum atomic E-state index is 12.1. The summed E-state index contributed by atoms with van der Waals surface area (Å²) in [4.78, 5) is 12.1. The molecule has 0 bridgehead atoms. The van der Waals surface area contributed by atoms with Gasteiger partial charge in [0.2, 0.25) is 0 Å². The summed E-state index contributed by atoms with van der Waals surface area (Å²) in [5.74, 6) is -0.247. The smallest absolute Gasteiger partial charge is 0.327 e. The molecule has 1 aliphatic rings. The van der Waals surface area contributed by atoms with Gasteiger partial charge in [0.15, 0.2) is 0 Å². The normalized spacial score (nSPS) is 18.4. The largest absolute Gasteiger partial charge is 0.465 e. The van der Waals surface area contributed by atoms with Crippen molar-refractivity contribution in [2.24, 2.45) is 0 Å². The topological polar surface area (TPSA) is 56.2 Å². The van der Waals surface area contributed by atoms with Gasteiger partial charge in [-0.1, -0.05) is 11.6 Å². The average molecular weight is 272 g/mol. The summed E-state index contributed by atoms with van der Waals surface area (Å²) in [5, 5.41) is 8.00. The number of esters is 1. The molecule has 0 amide bonds. The predicted molar refractivity (Wildman–Crippen MR) is 68.4 cm³/mol. The fourth-order valence-corrected chi connectivity index (χ4v) is 2.04. The van der Waals surface area contributed by atoms with E-state index in [0.29, 0.717) is 24.2 Å². The number of carbonyl (C=O) groups excluding carboxylic acids is 1. The Hall–Kier alpha value is -1.07. The van der Waals surface area contributed by atoms with Gasteiger partial charge >= 0.3 is 5.97 Å². The first-order valence-corrected chi connectivity index (χ1v) is 6.54. The first-order chi connectivity index (χ1) is 8.53. The highest BCUT2D eigenvalue weighted by molar-refractivity contribution is 6.30. The summed E-state index contributed by atoms with van der Waals surface area (Å²) in [7, 11) is 0. The molecule has 18 heavy (non-hydrogen) atoms. The van der Waals surface area contributed by atoms with Crippen molar-refractivity contribution in [2.45, 2.75) is 44.8 Å². The van der Waals surface area contributed by atoms with Gasteiger partial charge in [0.1, 0.15) is 5.54 Å². The van der Waals surface area contributed by atoms with Gasteiger partial charge in [-0.3, -0.25) is 10.00 Å². The van der Waals surface area contributed by atoms with Crippen molar-refractivity contribution < 1.29 is 9.53 Å². The van der Waals surface area contributed by atoms with Crippen molar-refractivity contribution in [3.63, 3.8) is 0 Å². The summed E-state index contributed by atoms with van der Waals surface area (Å²) in [6, 6.07) is 0.408. The Bertz CT molecular complexity index is 431. The number of nitrogens with zero attached hydrogens (tertiary/aromatic N) is 2. The fraction of sp³-hybridized carbons (Fsp3) is 0.667. The number of ether oxygens (including phenoxy) is 1. The monoisotopic (exact) mass is 271 g/mol. The zero-order valence-electron chi connectivity index (χ0n) is 10.6. The minimum Gasteiger partial charge on any atom is -0.465 e. The fourth-order valence-electron chi connectivity index (χ4n) is 1.89. The van der Waals surface area contributed by atoms with Crippen LogP contribution in [0.15, 0.2) is 12.4 Å². The van der Waals surface area contributed by atoms with Crippen LogP contribution in [-0.2, 0) is 16.1 Å². The Morgan fingerprint density at radius 3 is 2.94 bits per heavy atom. The lowest BCUT2D eigenvalue weighted by atomic mass is 10.0. The molecule has 0 radical (unpaired) electrons. The van der Waals surface area contributed by atoms with Gasteiger partial charge in [-0.25, -0.2) is 4.79 Å². The van der Waals surface area contributed by atoms with Crippen LogP contribution in [0.1, 0.15) is 26.7 Å². The Morgan fingerprint density at radius 2 is 2.44 bits per heavy atom. The third kappa shape index (κ3) is 3.23. The number of aromatic nitrogens is 2. The zero-order valence-corrected chi connectivity index (χ0v) is 11.4. The zero-order chi connectivity index (χ0) is 13.2. The maximum absolute atomic E-state index is 12.1. The lowest BCUT2D eigenvalue weighted by molar-refractivity contribution is -0.151. The number of halogens is 1. The highest BCUT2D eigenvalue weighted by Crippen LogP contribution is 2.24. The minimum absolute atomic E-state index is 0.247. The standard InChI is InChI=1S/C12H18ClN3O2/c1-3-18-11(17)12(2,15-10-4-5-10)8-16-7-9(13)6-14-16/h6-7,10,15H,3-5,8H2,1-2H3. The van der Waals surface area contributed by atoms with Crippen molar-refractivity contribution in [2.75, 3.05) is 6.61 Å². The van der Waals surface area contributed by atoms with Crippen molar-refractivity contribution in [1.82, 2.24) is 15.1 Å². The van der Waals surface area contributed by atoms with Crippen LogP contribution in [-0.4, -0.2) is 33.9 Å². The summed E-state index contributed by atoms with van der Waals surface area (Å²) in [6.07, 6.45) is 5.47. The molecule has 1 fully saturated rings. The van der Waals surface area contributed by atoms with E-state index >= 15 is 0 Å². The molecule has 5 nitrogen and oxygen atoms in total. The molecule has 1 N–H and O–H groups in total. The minimum atomic E-state index is -0.757. The number of hydrogen-bond acceptors (Lipinski definition) is 4. The predicted octanol–water partition coefficient (Wildman–Crippen LogP) is 1.61. The van der Waals surface area contributed by atoms with Crippen molar-refractivity contribution >= 4 is 17.6 Å². The highest BCUT2D eigenvalue weighted by Gasteiger charge is 2.40. The van der Waals surface area contributed by atoms with Gasteiger partial charge in [0.25, 0.3) is 0 Å². The second kappa shape index (κ2) is 5.28. The van der Waals surface area contributed by atoms with Crippen molar-refractivity contribution in [3.8, 4) is 0 Å². The maximum Gasteiger partial charge on any atom is 0.327 e. The molecule has 0 saturated heterocycles. The Kier molecular flexibility index (Phi) is 3.92. The van der Waals surface area contributed by atoms with Crippen LogP contribution >= 0.6 is 11.6 Å². The van der Waals surface area contributed by atoms with Crippen molar-refractivity contribution in [1.29, 1.82) is 0 Å². The van der Waals surface area contributed by atoms with Crippen LogP contribution in [0.25, 0.3) is 0 Å². The van der Waals surface area contributed by atoms with Gasteiger partial charge < -0.3 is 4.74 Å². The Labute approximate surface area is 111 Å². The lowest BCUT2D eigenvalue weighted by Gasteiger charge is -2.28. The van der Waals surface area contributed by atoms with Gasteiger partial charge in [0, 0.05) is 12.2 Å². The van der Waals surface area contributed by atoms with Crippen LogP contribution in [0.2, 0.25) is 5.02 Å². The molecule has 6 heteroatoms. The van der Waals surface area contributed by atoms with E-state index in [-0.39, 0.29) is 5.97 Å². The van der Waals surface area contributed by atoms with Crippen LogP contribution in [0.5, 0.6) is 0 Å². The molecule has 100 valence electrons. The van der Waals surface area contributed by atoms with Gasteiger partial charge in [0.05, 0.1) is 24.4 Å². The molecule has 1 aromatic heterocycles. The van der Waals surface area contributed by atoms with Gasteiger partial charge in [-0.05, 0) is 26.7 Å². The van der Waals surface area contributed by atoms with Crippen LogP contribution in [0, 0.1) is 0 Å². The molecule has 1 saturated carbocycles. The second-order valence-corrected chi connectivity index (χ2v) is 5.26.